The van der Waals surface area contributed by atoms with E-state index in [1.165, 1.54) is 0 Å². The Kier molecular flexibility index (Phi) is 5.00. The first-order valence-corrected chi connectivity index (χ1v) is 9.95. The van der Waals surface area contributed by atoms with Crippen LogP contribution in [0.25, 0.3) is 0 Å². The minimum absolute atomic E-state index is 0.265. The van der Waals surface area contributed by atoms with Crippen molar-refractivity contribution in [2.45, 2.75) is 24.7 Å². The molecule has 1 heterocycles. The van der Waals surface area contributed by atoms with Gasteiger partial charge in [-0.2, -0.15) is 0 Å². The summed E-state index contributed by atoms with van der Waals surface area (Å²) in [5, 5.41) is 0.703. The summed E-state index contributed by atoms with van der Waals surface area (Å²) >= 11 is 6.19. The number of halogens is 1. The Hall–Kier alpha value is -2.20. The summed E-state index contributed by atoms with van der Waals surface area (Å²) in [6.45, 7) is 3.17. The Bertz CT molecular complexity index is 827. The number of carbonyl (C=O) groups excluding carboxylic acids is 1. The third kappa shape index (κ3) is 3.39. The second kappa shape index (κ2) is 7.43. The van der Waals surface area contributed by atoms with Crippen molar-refractivity contribution in [3.8, 4) is 5.75 Å². The van der Waals surface area contributed by atoms with Crippen LogP contribution < -0.4 is 9.64 Å². The van der Waals surface area contributed by atoms with Crippen LogP contribution in [0, 0.1) is 0 Å². The molecule has 2 aliphatic rings. The van der Waals surface area contributed by atoms with Crippen molar-refractivity contribution in [3.05, 3.63) is 59.1 Å². The highest BCUT2D eigenvalue weighted by molar-refractivity contribution is 6.30. The molecule has 142 valence electrons. The standard InChI is InChI=1S/C22H25ClN2O2/c1-27-20-8-3-7-19(16-20)24-11-13-25(14-12-24)21(26)22(9-4-10-22)17-5-2-6-18(23)15-17/h2-3,5-8,15-16H,4,9-14H2,1H3. The first-order valence-electron chi connectivity index (χ1n) is 9.57. The predicted molar refractivity (Wildman–Crippen MR) is 109 cm³/mol. The molecule has 0 N–H and O–H groups in total. The van der Waals surface area contributed by atoms with Gasteiger partial charge in [0.25, 0.3) is 0 Å². The maximum atomic E-state index is 13.4. The van der Waals surface area contributed by atoms with Gasteiger partial charge in [-0.25, -0.2) is 0 Å². The fourth-order valence-electron chi connectivity index (χ4n) is 4.22. The zero-order valence-electron chi connectivity index (χ0n) is 15.7. The maximum absolute atomic E-state index is 13.4. The van der Waals surface area contributed by atoms with E-state index in [0.717, 1.165) is 62.4 Å². The number of piperazine rings is 1. The monoisotopic (exact) mass is 384 g/mol. The smallest absolute Gasteiger partial charge is 0.233 e. The summed E-state index contributed by atoms with van der Waals surface area (Å²) in [5.74, 6) is 1.13. The Labute approximate surface area is 165 Å². The van der Waals surface area contributed by atoms with Crippen molar-refractivity contribution >= 4 is 23.2 Å². The Morgan fingerprint density at radius 2 is 1.78 bits per heavy atom. The zero-order chi connectivity index (χ0) is 18.9. The van der Waals surface area contributed by atoms with Crippen LogP contribution in [0.2, 0.25) is 5.02 Å². The van der Waals surface area contributed by atoms with Crippen LogP contribution in [0.4, 0.5) is 5.69 Å². The lowest BCUT2D eigenvalue weighted by Gasteiger charge is -2.46. The molecule has 1 saturated heterocycles. The van der Waals surface area contributed by atoms with Crippen molar-refractivity contribution in [1.29, 1.82) is 0 Å². The van der Waals surface area contributed by atoms with Gasteiger partial charge in [-0.15, -0.1) is 0 Å². The van der Waals surface area contributed by atoms with Crippen LogP contribution in [0.3, 0.4) is 0 Å². The molecule has 4 nitrogen and oxygen atoms in total. The van der Waals surface area contributed by atoms with Crippen molar-refractivity contribution < 1.29 is 9.53 Å². The lowest BCUT2D eigenvalue weighted by molar-refractivity contribution is -0.141. The normalized spacial score (nSPS) is 18.7. The van der Waals surface area contributed by atoms with E-state index in [1.54, 1.807) is 7.11 Å². The SMILES string of the molecule is COc1cccc(N2CCN(C(=O)C3(c4cccc(Cl)c4)CCC3)CC2)c1. The molecular weight excluding hydrogens is 360 g/mol. The van der Waals surface area contributed by atoms with E-state index in [4.69, 9.17) is 16.3 Å². The van der Waals surface area contributed by atoms with Crippen molar-refractivity contribution in [2.24, 2.45) is 0 Å². The molecule has 1 aliphatic heterocycles. The van der Waals surface area contributed by atoms with Gasteiger partial charge in [0.2, 0.25) is 5.91 Å². The first kappa shape index (κ1) is 18.2. The minimum atomic E-state index is -0.372. The second-order valence-corrected chi connectivity index (χ2v) is 7.86. The number of hydrogen-bond acceptors (Lipinski definition) is 3. The topological polar surface area (TPSA) is 32.8 Å². The van der Waals surface area contributed by atoms with E-state index in [2.05, 4.69) is 23.1 Å². The van der Waals surface area contributed by atoms with Crippen molar-refractivity contribution in [3.63, 3.8) is 0 Å². The fourth-order valence-corrected chi connectivity index (χ4v) is 4.41. The number of rotatable bonds is 4. The van der Waals surface area contributed by atoms with Gasteiger partial charge in [0.1, 0.15) is 5.75 Å². The largest absolute Gasteiger partial charge is 0.497 e. The molecule has 1 aliphatic carbocycles. The molecule has 4 rings (SSSR count). The van der Waals surface area contributed by atoms with Crippen LogP contribution >= 0.6 is 11.6 Å². The summed E-state index contributed by atoms with van der Waals surface area (Å²) in [5.41, 5.74) is 1.85. The number of hydrogen-bond donors (Lipinski definition) is 0. The van der Waals surface area contributed by atoms with Crippen molar-refractivity contribution in [1.82, 2.24) is 4.90 Å². The van der Waals surface area contributed by atoms with E-state index in [1.807, 2.05) is 35.2 Å². The summed E-state index contributed by atoms with van der Waals surface area (Å²) in [6, 6.07) is 15.9. The zero-order valence-corrected chi connectivity index (χ0v) is 16.4. The molecule has 2 aromatic rings. The highest BCUT2D eigenvalue weighted by Gasteiger charge is 2.48. The molecule has 1 saturated carbocycles. The number of methoxy groups -OCH3 is 1. The van der Waals surface area contributed by atoms with Gasteiger partial charge in [0, 0.05) is 43.0 Å². The molecule has 5 heteroatoms. The van der Waals surface area contributed by atoms with Gasteiger partial charge in [-0.05, 0) is 42.7 Å². The average Bonchev–Trinajstić information content (AvgIpc) is 2.67. The average molecular weight is 385 g/mol. The number of carbonyl (C=O) groups is 1. The molecule has 27 heavy (non-hydrogen) atoms. The van der Waals surface area contributed by atoms with Crippen LogP contribution in [0.5, 0.6) is 5.75 Å². The third-order valence-electron chi connectivity index (χ3n) is 5.98. The van der Waals surface area contributed by atoms with Gasteiger partial charge < -0.3 is 14.5 Å². The van der Waals surface area contributed by atoms with Gasteiger partial charge in [-0.1, -0.05) is 36.2 Å². The molecule has 0 radical (unpaired) electrons. The molecule has 1 amide bonds. The van der Waals surface area contributed by atoms with Crippen LogP contribution in [-0.4, -0.2) is 44.1 Å². The molecule has 2 aromatic carbocycles. The summed E-state index contributed by atoms with van der Waals surface area (Å²) in [6.07, 6.45) is 2.94. The first-order chi connectivity index (χ1) is 13.1. The highest BCUT2D eigenvalue weighted by Crippen LogP contribution is 2.46. The summed E-state index contributed by atoms with van der Waals surface area (Å²) in [4.78, 5) is 17.8. The van der Waals surface area contributed by atoms with Crippen LogP contribution in [0.1, 0.15) is 24.8 Å². The fraction of sp³-hybridized carbons (Fsp3) is 0.409. The van der Waals surface area contributed by atoms with Gasteiger partial charge in [0.05, 0.1) is 12.5 Å². The maximum Gasteiger partial charge on any atom is 0.233 e. The van der Waals surface area contributed by atoms with Gasteiger partial charge >= 0.3 is 0 Å². The molecule has 0 aromatic heterocycles. The predicted octanol–water partition coefficient (Wildman–Crippen LogP) is 4.12. The second-order valence-electron chi connectivity index (χ2n) is 7.43. The molecule has 0 unspecified atom stereocenters. The molecule has 2 fully saturated rings. The molecular formula is C22H25ClN2O2. The Balaban J connectivity index is 1.46. The van der Waals surface area contributed by atoms with Gasteiger partial charge in [0.15, 0.2) is 0 Å². The number of anilines is 1. The van der Waals surface area contributed by atoms with E-state index < -0.39 is 0 Å². The number of ether oxygens (including phenoxy) is 1. The van der Waals surface area contributed by atoms with E-state index in [-0.39, 0.29) is 11.3 Å². The van der Waals surface area contributed by atoms with Crippen LogP contribution in [-0.2, 0) is 10.2 Å². The number of benzene rings is 2. The number of amides is 1. The quantitative estimate of drug-likeness (QED) is 0.794. The van der Waals surface area contributed by atoms with E-state index in [0.29, 0.717) is 5.02 Å². The molecule has 0 spiro atoms. The Morgan fingerprint density at radius 1 is 1.04 bits per heavy atom. The van der Waals surface area contributed by atoms with E-state index in [9.17, 15) is 4.79 Å². The molecule has 0 bridgehead atoms. The number of nitrogens with zero attached hydrogens (tertiary/aromatic N) is 2. The van der Waals surface area contributed by atoms with Gasteiger partial charge in [-0.3, -0.25) is 4.79 Å². The minimum Gasteiger partial charge on any atom is -0.497 e. The lowest BCUT2D eigenvalue weighted by atomic mass is 9.63. The Morgan fingerprint density at radius 3 is 2.41 bits per heavy atom. The molecule has 0 atom stereocenters. The summed E-state index contributed by atoms with van der Waals surface area (Å²) in [7, 11) is 1.68. The summed E-state index contributed by atoms with van der Waals surface area (Å²) < 4.78 is 5.33. The van der Waals surface area contributed by atoms with Crippen LogP contribution in [0.15, 0.2) is 48.5 Å². The van der Waals surface area contributed by atoms with E-state index >= 15 is 0 Å². The highest BCUT2D eigenvalue weighted by atomic mass is 35.5. The third-order valence-corrected chi connectivity index (χ3v) is 6.21. The lowest BCUT2D eigenvalue weighted by Crippen LogP contribution is -2.56. The van der Waals surface area contributed by atoms with Crippen molar-refractivity contribution in [2.75, 3.05) is 38.2 Å².